The average molecular weight is 433 g/mol. The fraction of sp³-hybridized carbons (Fsp3) is 0.375. The summed E-state index contributed by atoms with van der Waals surface area (Å²) in [5.74, 6) is 0.798. The van der Waals surface area contributed by atoms with Crippen molar-refractivity contribution in [3.05, 3.63) is 45.2 Å². The molecule has 1 fully saturated rings. The molecule has 22 heavy (non-hydrogen) atoms. The number of anilines is 1. The number of rotatable bonds is 3. The summed E-state index contributed by atoms with van der Waals surface area (Å²) in [4.78, 5) is 0. The Morgan fingerprint density at radius 2 is 1.95 bits per heavy atom. The lowest BCUT2D eigenvalue weighted by molar-refractivity contribution is -0.0576. The normalized spacial score (nSPS) is 24.0. The molecule has 6 heteroatoms. The van der Waals surface area contributed by atoms with Crippen LogP contribution in [0.5, 0.6) is 5.75 Å². The van der Waals surface area contributed by atoms with Crippen molar-refractivity contribution in [2.24, 2.45) is 0 Å². The number of hydrogen-bond donors (Lipinski definition) is 2. The highest BCUT2D eigenvalue weighted by Gasteiger charge is 2.44. The van der Waals surface area contributed by atoms with Crippen molar-refractivity contribution in [2.75, 3.05) is 18.9 Å². The highest BCUT2D eigenvalue weighted by Crippen LogP contribution is 2.37. The van der Waals surface area contributed by atoms with Gasteiger partial charge in [0, 0.05) is 33.3 Å². The van der Waals surface area contributed by atoms with E-state index >= 15 is 0 Å². The first-order chi connectivity index (χ1) is 10.6. The predicted octanol–water partition coefficient (Wildman–Crippen LogP) is 3.57. The first kappa shape index (κ1) is 16.0. The third-order valence-electron chi connectivity index (χ3n) is 4.01. The van der Waals surface area contributed by atoms with E-state index in [1.807, 2.05) is 36.5 Å². The van der Waals surface area contributed by atoms with Gasteiger partial charge in [-0.3, -0.25) is 0 Å². The molecule has 0 bridgehead atoms. The van der Waals surface area contributed by atoms with Crippen LogP contribution in [0.1, 0.15) is 12.8 Å². The van der Waals surface area contributed by atoms with Gasteiger partial charge in [-0.2, -0.15) is 0 Å². The Hall–Kier alpha value is -0.920. The van der Waals surface area contributed by atoms with E-state index in [-0.39, 0.29) is 6.04 Å². The molecule has 4 nitrogen and oxygen atoms in total. The van der Waals surface area contributed by atoms with Gasteiger partial charge in [0.25, 0.3) is 0 Å². The Balaban J connectivity index is 1.88. The second kappa shape index (κ2) is 6.68. The lowest BCUT2D eigenvalue weighted by atomic mass is 9.84. The van der Waals surface area contributed by atoms with Crippen LogP contribution in [0.25, 0.3) is 0 Å². The van der Waals surface area contributed by atoms with Gasteiger partial charge < -0.3 is 20.5 Å². The summed E-state index contributed by atoms with van der Waals surface area (Å²) in [5.41, 5.74) is 6.05. The third-order valence-corrected chi connectivity index (χ3v) is 4.96. The van der Waals surface area contributed by atoms with Crippen LogP contribution in [0.4, 0.5) is 5.69 Å². The highest BCUT2D eigenvalue weighted by molar-refractivity contribution is 14.1. The van der Waals surface area contributed by atoms with Crippen LogP contribution in [0.2, 0.25) is 0 Å². The molecule has 2 aliphatic rings. The van der Waals surface area contributed by atoms with Crippen molar-refractivity contribution in [3.63, 3.8) is 0 Å². The zero-order valence-corrected chi connectivity index (χ0v) is 14.9. The Morgan fingerprint density at radius 1 is 1.27 bits per heavy atom. The van der Waals surface area contributed by atoms with Gasteiger partial charge in [0.2, 0.25) is 0 Å². The number of nitrogen functional groups attached to an aromatic ring is 1. The van der Waals surface area contributed by atoms with E-state index in [4.69, 9.17) is 26.8 Å². The molecule has 0 aliphatic carbocycles. The monoisotopic (exact) mass is 432 g/mol. The first-order valence-electron chi connectivity index (χ1n) is 7.20. The largest absolute Gasteiger partial charge is 0.485 e. The number of benzene rings is 1. The highest BCUT2D eigenvalue weighted by atomic mass is 127. The van der Waals surface area contributed by atoms with Crippen molar-refractivity contribution >= 4 is 39.9 Å². The summed E-state index contributed by atoms with van der Waals surface area (Å²) in [5, 5.41) is 4.15. The zero-order chi connectivity index (χ0) is 15.6. The SMILES string of the molecule is Nc1ccc(OC2(C3NC=C(I)C=C3Cl)CCOCC2)cc1. The molecule has 0 radical (unpaired) electrons. The Labute approximate surface area is 148 Å². The lowest BCUT2D eigenvalue weighted by Gasteiger charge is -2.44. The molecular formula is C16H18ClIN2O2. The van der Waals surface area contributed by atoms with Gasteiger partial charge in [-0.05, 0) is 52.9 Å². The second-order valence-electron chi connectivity index (χ2n) is 5.51. The molecule has 1 atom stereocenters. The number of halogens is 2. The van der Waals surface area contributed by atoms with Crippen LogP contribution in [-0.2, 0) is 4.74 Å². The summed E-state index contributed by atoms with van der Waals surface area (Å²) in [7, 11) is 0. The molecule has 0 aromatic heterocycles. The molecule has 1 aromatic rings. The summed E-state index contributed by atoms with van der Waals surface area (Å²) >= 11 is 8.75. The molecule has 2 aliphatic heterocycles. The van der Waals surface area contributed by atoms with Crippen molar-refractivity contribution in [3.8, 4) is 5.75 Å². The van der Waals surface area contributed by atoms with Crippen LogP contribution in [-0.4, -0.2) is 24.9 Å². The van der Waals surface area contributed by atoms with Crippen molar-refractivity contribution in [1.29, 1.82) is 0 Å². The maximum absolute atomic E-state index is 6.50. The summed E-state index contributed by atoms with van der Waals surface area (Å²) in [6.07, 6.45) is 5.51. The van der Waals surface area contributed by atoms with Gasteiger partial charge >= 0.3 is 0 Å². The van der Waals surface area contributed by atoms with E-state index < -0.39 is 5.60 Å². The third kappa shape index (κ3) is 3.36. The maximum Gasteiger partial charge on any atom is 0.138 e. The van der Waals surface area contributed by atoms with Gasteiger partial charge in [-0.15, -0.1) is 0 Å². The fourth-order valence-corrected chi connectivity index (χ4v) is 3.92. The molecule has 1 saturated heterocycles. The number of dihydropyridines is 1. The van der Waals surface area contributed by atoms with E-state index in [1.54, 1.807) is 0 Å². The summed E-state index contributed by atoms with van der Waals surface area (Å²) in [6.45, 7) is 1.33. The number of hydrogen-bond acceptors (Lipinski definition) is 4. The van der Waals surface area contributed by atoms with E-state index in [1.165, 1.54) is 0 Å². The average Bonchev–Trinajstić information content (AvgIpc) is 2.50. The maximum atomic E-state index is 6.50. The lowest BCUT2D eigenvalue weighted by Crippen LogP contribution is -2.57. The predicted molar refractivity (Wildman–Crippen MR) is 97.2 cm³/mol. The van der Waals surface area contributed by atoms with Crippen LogP contribution in [0, 0.1) is 0 Å². The van der Waals surface area contributed by atoms with Gasteiger partial charge in [-0.1, -0.05) is 11.6 Å². The van der Waals surface area contributed by atoms with Crippen LogP contribution < -0.4 is 15.8 Å². The van der Waals surface area contributed by atoms with Crippen LogP contribution in [0.3, 0.4) is 0 Å². The fourth-order valence-electron chi connectivity index (χ4n) is 2.84. The Kier molecular flexibility index (Phi) is 4.84. The number of nitrogens with two attached hydrogens (primary N) is 1. The molecule has 3 rings (SSSR count). The van der Waals surface area contributed by atoms with Gasteiger partial charge in [0.1, 0.15) is 17.4 Å². The van der Waals surface area contributed by atoms with Gasteiger partial charge in [0.15, 0.2) is 0 Å². The second-order valence-corrected chi connectivity index (χ2v) is 7.19. The number of allylic oxidation sites excluding steroid dienone is 2. The molecular weight excluding hydrogens is 415 g/mol. The molecule has 118 valence electrons. The van der Waals surface area contributed by atoms with Crippen LogP contribution in [0.15, 0.2) is 45.2 Å². The molecule has 1 aromatic carbocycles. The quantitative estimate of drug-likeness (QED) is 0.566. The minimum absolute atomic E-state index is 0.0749. The molecule has 0 saturated carbocycles. The van der Waals surface area contributed by atoms with Gasteiger partial charge in [0.05, 0.1) is 13.2 Å². The standard InChI is InChI=1S/C16H18ClIN2O2/c17-14-9-11(18)10-20-15(14)16(5-7-21-8-6-16)22-13-3-1-12(19)2-4-13/h1-4,9-10,15,20H,5-8,19H2. The molecule has 0 amide bonds. The summed E-state index contributed by atoms with van der Waals surface area (Å²) in [6, 6.07) is 7.40. The molecule has 2 heterocycles. The first-order valence-corrected chi connectivity index (χ1v) is 8.66. The van der Waals surface area contributed by atoms with Crippen LogP contribution >= 0.6 is 34.2 Å². The van der Waals surface area contributed by atoms with Crippen molar-refractivity contribution in [1.82, 2.24) is 5.32 Å². The molecule has 0 spiro atoms. The minimum Gasteiger partial charge on any atom is -0.485 e. The van der Waals surface area contributed by atoms with Crippen molar-refractivity contribution < 1.29 is 9.47 Å². The summed E-state index contributed by atoms with van der Waals surface area (Å²) < 4.78 is 13.0. The topological polar surface area (TPSA) is 56.5 Å². The van der Waals surface area contributed by atoms with Gasteiger partial charge in [-0.25, -0.2) is 0 Å². The van der Waals surface area contributed by atoms with E-state index in [2.05, 4.69) is 27.9 Å². The van der Waals surface area contributed by atoms with E-state index in [9.17, 15) is 0 Å². The van der Waals surface area contributed by atoms with Crippen molar-refractivity contribution in [2.45, 2.75) is 24.5 Å². The zero-order valence-electron chi connectivity index (χ0n) is 12.0. The molecule has 3 N–H and O–H groups in total. The number of ether oxygens (including phenoxy) is 2. The minimum atomic E-state index is -0.421. The number of nitrogens with one attached hydrogen (secondary N) is 1. The Morgan fingerprint density at radius 3 is 2.59 bits per heavy atom. The molecule has 1 unspecified atom stereocenters. The smallest absolute Gasteiger partial charge is 0.138 e. The van der Waals surface area contributed by atoms with E-state index in [0.29, 0.717) is 13.2 Å². The van der Waals surface area contributed by atoms with E-state index in [0.717, 1.165) is 32.9 Å². The Bertz CT molecular complexity index is 595.